The molecule has 6 nitrogen and oxygen atoms in total. The van der Waals surface area contributed by atoms with Gasteiger partial charge in [0.2, 0.25) is 0 Å². The molecular formula is C17H17ClN6. The van der Waals surface area contributed by atoms with E-state index < -0.39 is 0 Å². The SMILES string of the molecule is N#CCC(C1CCCC1)n1cc(-c2ncnc3[nH]ccc23)c(Cl)n1. The fourth-order valence-electron chi connectivity index (χ4n) is 3.70. The molecule has 0 aliphatic heterocycles. The van der Waals surface area contributed by atoms with E-state index in [0.717, 1.165) is 35.1 Å². The molecule has 3 aromatic rings. The number of nitrogens with zero attached hydrogens (tertiary/aromatic N) is 5. The van der Waals surface area contributed by atoms with Crippen LogP contribution in [0.4, 0.5) is 0 Å². The molecule has 4 rings (SSSR count). The summed E-state index contributed by atoms with van der Waals surface area (Å²) in [7, 11) is 0. The van der Waals surface area contributed by atoms with Gasteiger partial charge < -0.3 is 4.98 Å². The van der Waals surface area contributed by atoms with Gasteiger partial charge in [-0.15, -0.1) is 0 Å². The number of halogens is 1. The van der Waals surface area contributed by atoms with E-state index in [0.29, 0.717) is 17.5 Å². The molecule has 3 aromatic heterocycles. The predicted octanol–water partition coefficient (Wildman–Crippen LogP) is 4.12. The molecule has 7 heteroatoms. The first-order valence-electron chi connectivity index (χ1n) is 8.18. The summed E-state index contributed by atoms with van der Waals surface area (Å²) < 4.78 is 1.87. The van der Waals surface area contributed by atoms with Crippen LogP contribution in [0.3, 0.4) is 0 Å². The van der Waals surface area contributed by atoms with E-state index in [9.17, 15) is 5.26 Å². The van der Waals surface area contributed by atoms with Gasteiger partial charge in [0, 0.05) is 17.8 Å². The van der Waals surface area contributed by atoms with Crippen LogP contribution in [-0.2, 0) is 0 Å². The fourth-order valence-corrected chi connectivity index (χ4v) is 3.92. The molecule has 1 aliphatic carbocycles. The predicted molar refractivity (Wildman–Crippen MR) is 91.3 cm³/mol. The number of H-pyrrole nitrogens is 1. The molecule has 122 valence electrons. The van der Waals surface area contributed by atoms with Crippen molar-refractivity contribution in [3.8, 4) is 17.3 Å². The second kappa shape index (κ2) is 6.25. The van der Waals surface area contributed by atoms with Crippen molar-refractivity contribution < 1.29 is 0 Å². The summed E-state index contributed by atoms with van der Waals surface area (Å²) in [5.41, 5.74) is 2.32. The Hall–Kier alpha value is -2.39. The van der Waals surface area contributed by atoms with Crippen molar-refractivity contribution in [1.82, 2.24) is 24.7 Å². The van der Waals surface area contributed by atoms with Gasteiger partial charge in [-0.05, 0) is 24.8 Å². The standard InChI is InChI=1S/C17H17ClN6/c18-16-13(15-12-6-8-20-17(12)22-10-21-15)9-24(23-16)14(5-7-19)11-3-1-2-4-11/h6,8-11,14H,1-5H2,(H,20,21,22). The van der Waals surface area contributed by atoms with Gasteiger partial charge >= 0.3 is 0 Å². The third-order valence-electron chi connectivity index (χ3n) is 4.88. The van der Waals surface area contributed by atoms with Gasteiger partial charge in [0.1, 0.15) is 12.0 Å². The second-order valence-electron chi connectivity index (χ2n) is 6.25. The number of hydrogen-bond donors (Lipinski definition) is 1. The summed E-state index contributed by atoms with van der Waals surface area (Å²) in [5.74, 6) is 0.492. The summed E-state index contributed by atoms with van der Waals surface area (Å²) in [6.07, 6.45) is 10.5. The summed E-state index contributed by atoms with van der Waals surface area (Å²) >= 11 is 6.41. The van der Waals surface area contributed by atoms with Crippen molar-refractivity contribution in [1.29, 1.82) is 5.26 Å². The number of aromatic nitrogens is 5. The van der Waals surface area contributed by atoms with Crippen molar-refractivity contribution in [2.75, 3.05) is 0 Å². The van der Waals surface area contributed by atoms with E-state index in [1.54, 1.807) is 0 Å². The Bertz CT molecular complexity index is 899. The van der Waals surface area contributed by atoms with Crippen LogP contribution in [0, 0.1) is 17.2 Å². The highest BCUT2D eigenvalue weighted by Gasteiger charge is 2.28. The van der Waals surface area contributed by atoms with Crippen molar-refractivity contribution in [2.24, 2.45) is 5.92 Å². The summed E-state index contributed by atoms with van der Waals surface area (Å²) in [6.45, 7) is 0. The number of nitriles is 1. The summed E-state index contributed by atoms with van der Waals surface area (Å²) in [4.78, 5) is 11.7. The van der Waals surface area contributed by atoms with Crippen LogP contribution in [0.2, 0.25) is 5.15 Å². The van der Waals surface area contributed by atoms with Crippen molar-refractivity contribution in [3.05, 3.63) is 29.9 Å². The summed E-state index contributed by atoms with van der Waals surface area (Å²) in [6, 6.07) is 4.31. The number of hydrogen-bond acceptors (Lipinski definition) is 4. The lowest BCUT2D eigenvalue weighted by Crippen LogP contribution is -2.17. The second-order valence-corrected chi connectivity index (χ2v) is 6.61. The van der Waals surface area contributed by atoms with E-state index in [1.807, 2.05) is 23.1 Å². The first-order chi connectivity index (χ1) is 11.8. The minimum Gasteiger partial charge on any atom is -0.346 e. The van der Waals surface area contributed by atoms with E-state index in [1.165, 1.54) is 19.2 Å². The number of fused-ring (bicyclic) bond motifs is 1. The Morgan fingerprint density at radius 3 is 3.00 bits per heavy atom. The maximum absolute atomic E-state index is 9.22. The van der Waals surface area contributed by atoms with Crippen LogP contribution in [-0.4, -0.2) is 24.7 Å². The van der Waals surface area contributed by atoms with Gasteiger partial charge in [-0.1, -0.05) is 24.4 Å². The molecule has 1 N–H and O–H groups in total. The first kappa shape index (κ1) is 15.2. The molecule has 1 saturated carbocycles. The molecule has 0 spiro atoms. The zero-order valence-electron chi connectivity index (χ0n) is 13.1. The Labute approximate surface area is 144 Å². The lowest BCUT2D eigenvalue weighted by molar-refractivity contribution is 0.315. The average Bonchev–Trinajstić information content (AvgIpc) is 3.32. The first-order valence-corrected chi connectivity index (χ1v) is 8.56. The van der Waals surface area contributed by atoms with Crippen LogP contribution >= 0.6 is 11.6 Å². The highest BCUT2D eigenvalue weighted by atomic mass is 35.5. The number of aromatic amines is 1. The van der Waals surface area contributed by atoms with E-state index >= 15 is 0 Å². The van der Waals surface area contributed by atoms with E-state index in [4.69, 9.17) is 11.6 Å². The Kier molecular flexibility index (Phi) is 3.95. The highest BCUT2D eigenvalue weighted by molar-refractivity contribution is 6.32. The van der Waals surface area contributed by atoms with Crippen LogP contribution < -0.4 is 0 Å². The minimum absolute atomic E-state index is 0.0762. The topological polar surface area (TPSA) is 83.2 Å². The highest BCUT2D eigenvalue weighted by Crippen LogP contribution is 2.38. The lowest BCUT2D eigenvalue weighted by atomic mass is 9.96. The van der Waals surface area contributed by atoms with Crippen molar-refractivity contribution in [3.63, 3.8) is 0 Å². The molecule has 1 atom stereocenters. The van der Waals surface area contributed by atoms with E-state index in [2.05, 4.69) is 26.1 Å². The Balaban J connectivity index is 1.76. The van der Waals surface area contributed by atoms with E-state index in [-0.39, 0.29) is 6.04 Å². The van der Waals surface area contributed by atoms with Crippen molar-refractivity contribution >= 4 is 22.6 Å². The molecular weight excluding hydrogens is 324 g/mol. The smallest absolute Gasteiger partial charge is 0.160 e. The van der Waals surface area contributed by atoms with Gasteiger partial charge in [-0.3, -0.25) is 4.68 Å². The van der Waals surface area contributed by atoms with Crippen LogP contribution in [0.5, 0.6) is 0 Å². The zero-order chi connectivity index (χ0) is 16.5. The third-order valence-corrected chi connectivity index (χ3v) is 5.16. The molecule has 1 aliphatic rings. The third kappa shape index (κ3) is 2.55. The molecule has 1 fully saturated rings. The van der Waals surface area contributed by atoms with Gasteiger partial charge in [-0.25, -0.2) is 9.97 Å². The number of rotatable bonds is 4. The van der Waals surface area contributed by atoms with Crippen LogP contribution in [0.1, 0.15) is 38.1 Å². The Morgan fingerprint density at radius 1 is 1.38 bits per heavy atom. The van der Waals surface area contributed by atoms with Crippen LogP contribution in [0.15, 0.2) is 24.8 Å². The Morgan fingerprint density at radius 2 is 2.21 bits per heavy atom. The number of nitrogens with one attached hydrogen (secondary N) is 1. The molecule has 0 aromatic carbocycles. The van der Waals surface area contributed by atoms with Gasteiger partial charge in [0.05, 0.1) is 29.8 Å². The maximum atomic E-state index is 9.22. The molecule has 1 unspecified atom stereocenters. The normalized spacial score (nSPS) is 16.5. The molecule has 0 saturated heterocycles. The monoisotopic (exact) mass is 340 g/mol. The largest absolute Gasteiger partial charge is 0.346 e. The molecule has 24 heavy (non-hydrogen) atoms. The lowest BCUT2D eigenvalue weighted by Gasteiger charge is -2.21. The molecule has 0 bridgehead atoms. The zero-order valence-corrected chi connectivity index (χ0v) is 13.9. The average molecular weight is 341 g/mol. The van der Waals surface area contributed by atoms with Gasteiger partial charge in [-0.2, -0.15) is 10.4 Å². The fraction of sp³-hybridized carbons (Fsp3) is 0.412. The summed E-state index contributed by atoms with van der Waals surface area (Å²) in [5, 5.41) is 15.0. The molecule has 0 amide bonds. The molecule has 0 radical (unpaired) electrons. The molecule has 3 heterocycles. The maximum Gasteiger partial charge on any atom is 0.160 e. The van der Waals surface area contributed by atoms with Gasteiger partial charge in [0.25, 0.3) is 0 Å². The minimum atomic E-state index is 0.0762. The van der Waals surface area contributed by atoms with Crippen LogP contribution in [0.25, 0.3) is 22.3 Å². The van der Waals surface area contributed by atoms with Gasteiger partial charge in [0.15, 0.2) is 5.15 Å². The quantitative estimate of drug-likeness (QED) is 0.774. The van der Waals surface area contributed by atoms with Crippen molar-refractivity contribution in [2.45, 2.75) is 38.1 Å².